The van der Waals surface area contributed by atoms with Gasteiger partial charge in [0.05, 0.1) is 6.04 Å². The molecule has 110 valence electrons. The lowest BCUT2D eigenvalue weighted by Crippen LogP contribution is -2.53. The van der Waals surface area contributed by atoms with Gasteiger partial charge in [-0.1, -0.05) is 0 Å². The van der Waals surface area contributed by atoms with Gasteiger partial charge in [0.2, 0.25) is 0 Å². The molecule has 4 aliphatic rings. The molecule has 20 heavy (non-hydrogen) atoms. The highest BCUT2D eigenvalue weighted by Gasteiger charge is 2.55. The molecule has 1 unspecified atom stereocenters. The number of rotatable bonds is 4. The van der Waals surface area contributed by atoms with Gasteiger partial charge in [0.1, 0.15) is 5.82 Å². The predicted molar refractivity (Wildman–Crippen MR) is 78.6 cm³/mol. The summed E-state index contributed by atoms with van der Waals surface area (Å²) >= 11 is 0. The highest BCUT2D eigenvalue weighted by Crippen LogP contribution is 2.63. The van der Waals surface area contributed by atoms with Crippen LogP contribution in [0.1, 0.15) is 57.3 Å². The van der Waals surface area contributed by atoms with Gasteiger partial charge in [0.15, 0.2) is 0 Å². The first-order valence-electron chi connectivity index (χ1n) is 8.21. The Morgan fingerprint density at radius 2 is 1.90 bits per heavy atom. The lowest BCUT2D eigenvalue weighted by atomic mass is 9.47. The van der Waals surface area contributed by atoms with Crippen molar-refractivity contribution in [3.05, 3.63) is 18.2 Å². The summed E-state index contributed by atoms with van der Waals surface area (Å²) in [5.74, 6) is 9.99. The van der Waals surface area contributed by atoms with Crippen molar-refractivity contribution >= 4 is 0 Å². The molecule has 0 amide bonds. The van der Waals surface area contributed by atoms with Crippen LogP contribution in [-0.2, 0) is 6.54 Å². The zero-order valence-corrected chi connectivity index (χ0v) is 12.4. The Labute approximate surface area is 121 Å². The number of nitrogens with zero attached hydrogens (tertiary/aromatic N) is 2. The quantitative estimate of drug-likeness (QED) is 0.655. The van der Waals surface area contributed by atoms with Crippen LogP contribution in [0.4, 0.5) is 0 Å². The van der Waals surface area contributed by atoms with Crippen LogP contribution < -0.4 is 11.3 Å². The Balaban J connectivity index is 1.71. The van der Waals surface area contributed by atoms with Crippen LogP contribution in [-0.4, -0.2) is 9.55 Å². The Bertz CT molecular complexity index is 457. The van der Waals surface area contributed by atoms with Gasteiger partial charge in [-0.15, -0.1) is 0 Å². The van der Waals surface area contributed by atoms with Gasteiger partial charge in [-0.25, -0.2) is 10.4 Å². The molecular formula is C16H26N4. The molecule has 0 aromatic carbocycles. The van der Waals surface area contributed by atoms with E-state index in [9.17, 15) is 0 Å². The fourth-order valence-electron chi connectivity index (χ4n) is 5.90. The maximum Gasteiger partial charge on any atom is 0.127 e. The molecule has 0 saturated heterocycles. The Morgan fingerprint density at radius 3 is 2.40 bits per heavy atom. The minimum atomic E-state index is 0.228. The number of aryl methyl sites for hydroxylation is 1. The molecule has 1 aromatic rings. The lowest BCUT2D eigenvalue weighted by Gasteiger charge is -2.59. The Hall–Kier alpha value is -0.870. The summed E-state index contributed by atoms with van der Waals surface area (Å²) in [6.07, 6.45) is 12.5. The fourth-order valence-corrected chi connectivity index (χ4v) is 5.90. The van der Waals surface area contributed by atoms with Crippen molar-refractivity contribution in [1.82, 2.24) is 15.0 Å². The summed E-state index contributed by atoms with van der Waals surface area (Å²) in [5.41, 5.74) is 3.52. The van der Waals surface area contributed by atoms with Crippen LogP contribution in [0, 0.1) is 23.2 Å². The SMILES string of the molecule is CCn1ccnc1C(NN)C12CC3CC(CC(C3)C1)C2. The van der Waals surface area contributed by atoms with Crippen molar-refractivity contribution in [2.45, 2.75) is 58.0 Å². The van der Waals surface area contributed by atoms with E-state index in [-0.39, 0.29) is 6.04 Å². The summed E-state index contributed by atoms with van der Waals surface area (Å²) in [5, 5.41) is 0. The summed E-state index contributed by atoms with van der Waals surface area (Å²) < 4.78 is 2.25. The number of hydrogen-bond acceptors (Lipinski definition) is 3. The molecule has 1 heterocycles. The number of hydrazine groups is 1. The van der Waals surface area contributed by atoms with Crippen molar-refractivity contribution in [2.75, 3.05) is 0 Å². The molecule has 0 spiro atoms. The molecule has 0 radical (unpaired) electrons. The average Bonchev–Trinajstić information content (AvgIpc) is 2.85. The van der Waals surface area contributed by atoms with Crippen molar-refractivity contribution in [3.63, 3.8) is 0 Å². The first-order valence-corrected chi connectivity index (χ1v) is 8.21. The number of aromatic nitrogens is 2. The summed E-state index contributed by atoms with van der Waals surface area (Å²) in [6.45, 7) is 3.15. The number of imidazole rings is 1. The molecule has 4 bridgehead atoms. The number of nitrogens with two attached hydrogens (primary N) is 1. The highest BCUT2D eigenvalue weighted by atomic mass is 15.3. The summed E-state index contributed by atoms with van der Waals surface area (Å²) in [7, 11) is 0. The number of hydrogen-bond donors (Lipinski definition) is 2. The van der Waals surface area contributed by atoms with Gasteiger partial charge in [-0.3, -0.25) is 5.84 Å². The van der Waals surface area contributed by atoms with E-state index in [1.54, 1.807) is 0 Å². The Kier molecular flexibility index (Phi) is 2.93. The molecular weight excluding hydrogens is 248 g/mol. The summed E-state index contributed by atoms with van der Waals surface area (Å²) in [6, 6.07) is 0.228. The van der Waals surface area contributed by atoms with Crippen LogP contribution in [0.3, 0.4) is 0 Å². The zero-order valence-electron chi connectivity index (χ0n) is 12.4. The predicted octanol–water partition coefficient (Wildman–Crippen LogP) is 2.62. The van der Waals surface area contributed by atoms with Gasteiger partial charge >= 0.3 is 0 Å². The van der Waals surface area contributed by atoms with E-state index in [0.29, 0.717) is 5.41 Å². The van der Waals surface area contributed by atoms with Crippen LogP contribution in [0.2, 0.25) is 0 Å². The van der Waals surface area contributed by atoms with Crippen LogP contribution >= 0.6 is 0 Å². The van der Waals surface area contributed by atoms with Gasteiger partial charge in [-0.2, -0.15) is 0 Å². The molecule has 1 aromatic heterocycles. The van der Waals surface area contributed by atoms with Gasteiger partial charge in [0, 0.05) is 18.9 Å². The van der Waals surface area contributed by atoms with E-state index in [4.69, 9.17) is 5.84 Å². The van der Waals surface area contributed by atoms with Gasteiger partial charge < -0.3 is 4.57 Å². The van der Waals surface area contributed by atoms with Crippen LogP contribution in [0.5, 0.6) is 0 Å². The third-order valence-electron chi connectivity index (χ3n) is 6.21. The third-order valence-corrected chi connectivity index (χ3v) is 6.21. The van der Waals surface area contributed by atoms with Crippen molar-refractivity contribution < 1.29 is 0 Å². The zero-order chi connectivity index (χ0) is 13.7. The molecule has 4 nitrogen and oxygen atoms in total. The minimum absolute atomic E-state index is 0.228. The fraction of sp³-hybridized carbons (Fsp3) is 0.812. The summed E-state index contributed by atoms with van der Waals surface area (Å²) in [4.78, 5) is 4.64. The molecule has 3 N–H and O–H groups in total. The molecule has 4 heteroatoms. The van der Waals surface area contributed by atoms with Crippen LogP contribution in [0.25, 0.3) is 0 Å². The second kappa shape index (κ2) is 4.57. The molecule has 0 aliphatic heterocycles. The first kappa shape index (κ1) is 12.8. The van der Waals surface area contributed by atoms with E-state index in [2.05, 4.69) is 28.1 Å². The minimum Gasteiger partial charge on any atom is -0.334 e. The molecule has 1 atom stereocenters. The second-order valence-electron chi connectivity index (χ2n) is 7.45. The lowest BCUT2D eigenvalue weighted by molar-refractivity contribution is -0.0770. The largest absolute Gasteiger partial charge is 0.334 e. The maximum absolute atomic E-state index is 6.01. The standard InChI is InChI=1S/C16H26N4/c1-2-20-4-3-18-15(20)14(19-17)16-8-11-5-12(9-16)7-13(6-11)10-16/h3-4,11-14,19H,2,5-10,17H2,1H3. The Morgan fingerprint density at radius 1 is 1.30 bits per heavy atom. The van der Waals surface area contributed by atoms with E-state index in [1.807, 2.05) is 6.20 Å². The monoisotopic (exact) mass is 274 g/mol. The van der Waals surface area contributed by atoms with Crippen LogP contribution in [0.15, 0.2) is 12.4 Å². The third kappa shape index (κ3) is 1.77. The first-order chi connectivity index (χ1) is 9.74. The van der Waals surface area contributed by atoms with E-state index in [0.717, 1.165) is 30.1 Å². The van der Waals surface area contributed by atoms with E-state index in [1.165, 1.54) is 38.5 Å². The average molecular weight is 274 g/mol. The normalized spacial score (nSPS) is 40.2. The van der Waals surface area contributed by atoms with E-state index >= 15 is 0 Å². The number of nitrogens with one attached hydrogen (secondary N) is 1. The molecule has 5 rings (SSSR count). The van der Waals surface area contributed by atoms with Gasteiger partial charge in [-0.05, 0) is 68.6 Å². The molecule has 4 fully saturated rings. The van der Waals surface area contributed by atoms with Gasteiger partial charge in [0.25, 0.3) is 0 Å². The second-order valence-corrected chi connectivity index (χ2v) is 7.45. The van der Waals surface area contributed by atoms with E-state index < -0.39 is 0 Å². The maximum atomic E-state index is 6.01. The van der Waals surface area contributed by atoms with Crippen molar-refractivity contribution in [2.24, 2.45) is 29.0 Å². The molecule has 4 saturated carbocycles. The van der Waals surface area contributed by atoms with Crippen molar-refractivity contribution in [3.8, 4) is 0 Å². The molecule has 4 aliphatic carbocycles. The smallest absolute Gasteiger partial charge is 0.127 e. The highest BCUT2D eigenvalue weighted by molar-refractivity contribution is 5.12. The topological polar surface area (TPSA) is 55.9 Å². The van der Waals surface area contributed by atoms with Crippen molar-refractivity contribution in [1.29, 1.82) is 0 Å².